The van der Waals surface area contributed by atoms with Crippen LogP contribution in [-0.2, 0) is 28.9 Å². The van der Waals surface area contributed by atoms with Crippen molar-refractivity contribution in [2.45, 2.75) is 53.2 Å². The van der Waals surface area contributed by atoms with E-state index in [4.69, 9.17) is 9.47 Å². The molecule has 3 aliphatic rings. The highest BCUT2D eigenvalue weighted by atomic mass is 16.5. The summed E-state index contributed by atoms with van der Waals surface area (Å²) in [5.41, 5.74) is 9.97. The molecule has 5 rings (SSSR count). The molecule has 214 valence electrons. The maximum Gasteiger partial charge on any atom is 0.118 e. The highest BCUT2D eigenvalue weighted by Crippen LogP contribution is 2.25. The van der Waals surface area contributed by atoms with E-state index in [-0.39, 0.29) is 7.43 Å². The molecule has 5 heteroatoms. The third-order valence-electron chi connectivity index (χ3n) is 6.29. The Labute approximate surface area is 238 Å². The number of hydrogen-bond donors (Lipinski definition) is 2. The van der Waals surface area contributed by atoms with Crippen LogP contribution in [0.1, 0.15) is 49.9 Å². The molecular weight excluding hydrogens is 482 g/mol. The van der Waals surface area contributed by atoms with Gasteiger partial charge in [0.15, 0.2) is 0 Å². The lowest BCUT2D eigenvalue weighted by Crippen LogP contribution is -2.21. The van der Waals surface area contributed by atoms with Gasteiger partial charge in [0, 0.05) is 39.1 Å². The minimum Gasteiger partial charge on any atom is -0.492 e. The Bertz CT molecular complexity index is 976. The topological polar surface area (TPSA) is 59.8 Å². The molecule has 0 bridgehead atoms. The van der Waals surface area contributed by atoms with Gasteiger partial charge < -0.3 is 20.5 Å². The number of rotatable bonds is 6. The quantitative estimate of drug-likeness (QED) is 0.327. The van der Waals surface area contributed by atoms with Crippen LogP contribution in [-0.4, -0.2) is 51.0 Å². The van der Waals surface area contributed by atoms with E-state index < -0.39 is 0 Å². The van der Waals surface area contributed by atoms with Crippen molar-refractivity contribution in [1.29, 1.82) is 0 Å². The lowest BCUT2D eigenvalue weighted by molar-refractivity contribution is 0.0523. The first kappa shape index (κ1) is 34.1. The van der Waals surface area contributed by atoms with Gasteiger partial charge in [-0.15, -0.1) is 0 Å². The maximum absolute atomic E-state index is 5.97. The fourth-order valence-electron chi connectivity index (χ4n) is 4.29. The van der Waals surface area contributed by atoms with Crippen molar-refractivity contribution < 1.29 is 9.47 Å². The second kappa shape index (κ2) is 20.9. The Morgan fingerprint density at radius 3 is 2.23 bits per heavy atom. The minimum absolute atomic E-state index is 0. The van der Waals surface area contributed by atoms with Crippen molar-refractivity contribution in [1.82, 2.24) is 10.2 Å². The first-order chi connectivity index (χ1) is 18.7. The molecule has 1 fully saturated rings. The van der Waals surface area contributed by atoms with E-state index in [0.717, 1.165) is 57.9 Å². The summed E-state index contributed by atoms with van der Waals surface area (Å²) in [6.07, 6.45) is 15.3. The van der Waals surface area contributed by atoms with Crippen LogP contribution in [0.25, 0.3) is 6.08 Å². The number of allylic oxidation sites excluding steroid dienone is 4. The summed E-state index contributed by atoms with van der Waals surface area (Å²) < 4.78 is 11.3. The van der Waals surface area contributed by atoms with Crippen molar-refractivity contribution in [2.24, 2.45) is 5.73 Å². The van der Waals surface area contributed by atoms with E-state index in [2.05, 4.69) is 83.2 Å². The van der Waals surface area contributed by atoms with Crippen molar-refractivity contribution in [3.8, 4) is 0 Å². The second-order valence-electron chi connectivity index (χ2n) is 9.14. The zero-order valence-corrected chi connectivity index (χ0v) is 23.6. The molecule has 2 aromatic rings. The van der Waals surface area contributed by atoms with Crippen LogP contribution >= 0.6 is 0 Å². The van der Waals surface area contributed by atoms with Gasteiger partial charge in [-0.3, -0.25) is 4.90 Å². The van der Waals surface area contributed by atoms with Crippen LogP contribution in [0.15, 0.2) is 91.2 Å². The summed E-state index contributed by atoms with van der Waals surface area (Å²) in [6, 6.07) is 17.3. The summed E-state index contributed by atoms with van der Waals surface area (Å²) >= 11 is 0. The number of benzene rings is 2. The Balaban J connectivity index is 0.000000319. The second-order valence-corrected chi connectivity index (χ2v) is 9.14. The van der Waals surface area contributed by atoms with Gasteiger partial charge in [0.1, 0.15) is 18.5 Å². The molecule has 0 unspecified atom stereocenters. The molecule has 5 nitrogen and oxygen atoms in total. The van der Waals surface area contributed by atoms with Gasteiger partial charge in [-0.2, -0.15) is 0 Å². The molecule has 0 spiro atoms. The predicted molar refractivity (Wildman–Crippen MR) is 169 cm³/mol. The summed E-state index contributed by atoms with van der Waals surface area (Å²) in [5, 5.41) is 3.34. The molecule has 1 aliphatic carbocycles. The van der Waals surface area contributed by atoms with E-state index in [1.165, 1.54) is 29.3 Å². The van der Waals surface area contributed by atoms with Crippen LogP contribution in [0.5, 0.6) is 0 Å². The molecular formula is C34H51N3O2. The molecule has 2 heterocycles. The molecule has 2 aliphatic heterocycles. The van der Waals surface area contributed by atoms with E-state index in [1.54, 1.807) is 6.08 Å². The Hall–Kier alpha value is -2.96. The Morgan fingerprint density at radius 1 is 1.05 bits per heavy atom. The van der Waals surface area contributed by atoms with Crippen molar-refractivity contribution in [3.63, 3.8) is 0 Å². The first-order valence-corrected chi connectivity index (χ1v) is 13.7. The number of hydrogen-bond acceptors (Lipinski definition) is 5. The summed E-state index contributed by atoms with van der Waals surface area (Å²) in [5.74, 6) is 1.02. The summed E-state index contributed by atoms with van der Waals surface area (Å²) in [7, 11) is 1.50. The Kier molecular flexibility index (Phi) is 18.3. The molecule has 0 radical (unpaired) electrons. The van der Waals surface area contributed by atoms with Crippen LogP contribution in [0.4, 0.5) is 0 Å². The number of nitrogens with zero attached hydrogens (tertiary/aromatic N) is 1. The lowest BCUT2D eigenvalue weighted by Gasteiger charge is -2.19. The number of ether oxygens (including phenoxy) is 2. The molecule has 2 aromatic carbocycles. The molecule has 0 atom stereocenters. The van der Waals surface area contributed by atoms with Crippen LogP contribution in [0.2, 0.25) is 0 Å². The zero-order chi connectivity index (χ0) is 27.4. The van der Waals surface area contributed by atoms with Gasteiger partial charge in [0.2, 0.25) is 0 Å². The van der Waals surface area contributed by atoms with Crippen molar-refractivity contribution >= 4 is 6.08 Å². The molecule has 3 N–H and O–H groups in total. The number of nitrogens with one attached hydrogen (secondary N) is 1. The van der Waals surface area contributed by atoms with Crippen molar-refractivity contribution in [3.05, 3.63) is 114 Å². The largest absolute Gasteiger partial charge is 0.492 e. The summed E-state index contributed by atoms with van der Waals surface area (Å²) in [4.78, 5) is 2.41. The highest BCUT2D eigenvalue weighted by molar-refractivity contribution is 5.51. The predicted octanol–water partition coefficient (Wildman–Crippen LogP) is 6.52. The molecule has 0 aromatic heterocycles. The van der Waals surface area contributed by atoms with Gasteiger partial charge in [0.25, 0.3) is 0 Å². The minimum atomic E-state index is 0. The lowest BCUT2D eigenvalue weighted by atomic mass is 10.1. The van der Waals surface area contributed by atoms with Crippen molar-refractivity contribution in [2.75, 3.05) is 40.0 Å². The van der Waals surface area contributed by atoms with E-state index in [9.17, 15) is 0 Å². The third-order valence-corrected chi connectivity index (χ3v) is 6.29. The first-order valence-electron chi connectivity index (χ1n) is 13.7. The monoisotopic (exact) mass is 533 g/mol. The van der Waals surface area contributed by atoms with Gasteiger partial charge >= 0.3 is 0 Å². The molecule has 0 saturated carbocycles. The summed E-state index contributed by atoms with van der Waals surface area (Å²) in [6.45, 7) is 13.5. The fourth-order valence-corrected chi connectivity index (χ4v) is 4.29. The maximum atomic E-state index is 5.97. The van der Waals surface area contributed by atoms with Gasteiger partial charge in [-0.25, -0.2) is 0 Å². The zero-order valence-electron chi connectivity index (χ0n) is 23.6. The van der Waals surface area contributed by atoms with E-state index in [1.807, 2.05) is 32.1 Å². The molecule has 1 saturated heterocycles. The van der Waals surface area contributed by atoms with E-state index in [0.29, 0.717) is 12.7 Å². The standard InChI is InChI=1S/C14H18N2.C14H16O2.C4H8.CH5N.CH4/c1-2-3-4-13-5-7-14(8-6-13)11-16-10-9-15-12-16;1-2-5-12-9-14(8-11(12)4-1)16-13-6-3-7-15-10-13;1-3-4-2;1-2;/h2-8,15H,1,9-12H2;1-2,4-6,14H,3,7-10H2;3-4H,1-2H3;2H2,1H3;1H4/b4-3+;;4-3+;;. The van der Waals surface area contributed by atoms with E-state index >= 15 is 0 Å². The Morgan fingerprint density at radius 2 is 1.72 bits per heavy atom. The number of nitrogens with two attached hydrogens (primary N) is 1. The third kappa shape index (κ3) is 13.1. The van der Waals surface area contributed by atoms with Gasteiger partial charge in [0.05, 0.1) is 6.61 Å². The van der Waals surface area contributed by atoms with Crippen LogP contribution in [0, 0.1) is 0 Å². The average molecular weight is 534 g/mol. The molecule has 0 amide bonds. The normalized spacial score (nSPS) is 16.5. The molecule has 39 heavy (non-hydrogen) atoms. The smallest absolute Gasteiger partial charge is 0.118 e. The highest BCUT2D eigenvalue weighted by Gasteiger charge is 2.23. The average Bonchev–Trinajstić information content (AvgIpc) is 3.64. The van der Waals surface area contributed by atoms with Crippen LogP contribution in [0.3, 0.4) is 0 Å². The van der Waals surface area contributed by atoms with Gasteiger partial charge in [-0.05, 0) is 55.6 Å². The fraction of sp³-hybridized carbons (Fsp3) is 0.412. The van der Waals surface area contributed by atoms with Crippen LogP contribution < -0.4 is 11.1 Å². The SMILES string of the molecule is C.C/C=C/C.C1=C(OC2Cc3ccccc3C2)COCC1.C=C/C=C/c1ccc(CN2CCNC2)cc1.CN. The van der Waals surface area contributed by atoms with Gasteiger partial charge in [-0.1, -0.05) is 92.9 Å². The number of fused-ring (bicyclic) bond motifs is 1.